The van der Waals surface area contributed by atoms with E-state index in [4.69, 9.17) is 9.47 Å². The third-order valence-electron chi connectivity index (χ3n) is 2.54. The zero-order valence-electron chi connectivity index (χ0n) is 11.1. The van der Waals surface area contributed by atoms with E-state index in [1.165, 1.54) is 0 Å². The van der Waals surface area contributed by atoms with Crippen LogP contribution in [-0.2, 0) is 9.47 Å². The normalized spacial score (nSPS) is 13.2. The topological polar surface area (TPSA) is 30.5 Å². The second kappa shape index (κ2) is 6.46. The lowest BCUT2D eigenvalue weighted by atomic mass is 10.0. The molecule has 0 rings (SSSR count). The number of ether oxygens (including phenoxy) is 2. The first-order valence-corrected chi connectivity index (χ1v) is 5.73. The fourth-order valence-corrected chi connectivity index (χ4v) is 1.32. The molecule has 0 bridgehead atoms. The van der Waals surface area contributed by atoms with Crippen LogP contribution < -0.4 is 5.32 Å². The molecule has 1 N–H and O–H groups in total. The summed E-state index contributed by atoms with van der Waals surface area (Å²) in [7, 11) is 1.75. The summed E-state index contributed by atoms with van der Waals surface area (Å²) in [5.41, 5.74) is -0.116. The van der Waals surface area contributed by atoms with Crippen LogP contribution >= 0.6 is 0 Å². The fourth-order valence-electron chi connectivity index (χ4n) is 1.32. The number of methoxy groups -OCH3 is 1. The highest BCUT2D eigenvalue weighted by Crippen LogP contribution is 2.12. The molecule has 0 heterocycles. The van der Waals surface area contributed by atoms with Crippen LogP contribution in [0.1, 0.15) is 41.0 Å². The average Bonchev–Trinajstić information content (AvgIpc) is 2.13. The summed E-state index contributed by atoms with van der Waals surface area (Å²) in [6, 6.07) is 0. The maximum absolute atomic E-state index is 5.59. The second-order valence-corrected chi connectivity index (χ2v) is 5.08. The Balaban J connectivity index is 3.62. The fraction of sp³-hybridized carbons (Fsp3) is 1.00. The summed E-state index contributed by atoms with van der Waals surface area (Å²) in [5, 5.41) is 3.40. The van der Waals surface area contributed by atoms with Gasteiger partial charge >= 0.3 is 0 Å². The van der Waals surface area contributed by atoms with Gasteiger partial charge in [-0.3, -0.25) is 0 Å². The van der Waals surface area contributed by atoms with Gasteiger partial charge in [0.1, 0.15) is 0 Å². The molecule has 3 nitrogen and oxygen atoms in total. The van der Waals surface area contributed by atoms with Crippen molar-refractivity contribution in [1.29, 1.82) is 0 Å². The van der Waals surface area contributed by atoms with Crippen LogP contribution in [0, 0.1) is 0 Å². The molecule has 0 saturated carbocycles. The van der Waals surface area contributed by atoms with E-state index < -0.39 is 0 Å². The van der Waals surface area contributed by atoms with E-state index in [9.17, 15) is 0 Å². The van der Waals surface area contributed by atoms with Gasteiger partial charge in [0.15, 0.2) is 0 Å². The highest BCUT2D eigenvalue weighted by Gasteiger charge is 2.19. The number of hydrogen-bond donors (Lipinski definition) is 1. The molecule has 0 aliphatic heterocycles. The quantitative estimate of drug-likeness (QED) is 0.632. The Morgan fingerprint density at radius 2 is 1.67 bits per heavy atom. The van der Waals surface area contributed by atoms with Crippen molar-refractivity contribution in [3.8, 4) is 0 Å². The van der Waals surface area contributed by atoms with Gasteiger partial charge in [-0.05, 0) is 47.6 Å². The summed E-state index contributed by atoms with van der Waals surface area (Å²) >= 11 is 0. The standard InChI is InChI=1S/C12H27NO2/c1-7-15-12(4,5)10-13-9-8-11(2,3)14-6/h13H,7-10H2,1-6H3. The van der Waals surface area contributed by atoms with Gasteiger partial charge in [0.05, 0.1) is 11.2 Å². The van der Waals surface area contributed by atoms with Crippen LogP contribution in [0.3, 0.4) is 0 Å². The van der Waals surface area contributed by atoms with Gasteiger partial charge in [0, 0.05) is 20.3 Å². The first kappa shape index (κ1) is 14.9. The summed E-state index contributed by atoms with van der Waals surface area (Å²) in [5.74, 6) is 0. The highest BCUT2D eigenvalue weighted by atomic mass is 16.5. The Morgan fingerprint density at radius 1 is 1.07 bits per heavy atom. The molecule has 0 amide bonds. The Kier molecular flexibility index (Phi) is 6.41. The molecule has 0 atom stereocenters. The van der Waals surface area contributed by atoms with E-state index in [0.717, 1.165) is 26.1 Å². The molecule has 0 aromatic heterocycles. The van der Waals surface area contributed by atoms with Crippen LogP contribution in [0.5, 0.6) is 0 Å². The van der Waals surface area contributed by atoms with Gasteiger partial charge in [-0.1, -0.05) is 0 Å². The van der Waals surface area contributed by atoms with Crippen LogP contribution in [0.4, 0.5) is 0 Å². The molecule has 0 radical (unpaired) electrons. The predicted octanol–water partition coefficient (Wildman–Crippen LogP) is 2.21. The van der Waals surface area contributed by atoms with Crippen LogP contribution in [0.15, 0.2) is 0 Å². The van der Waals surface area contributed by atoms with Gasteiger partial charge in [-0.25, -0.2) is 0 Å². The van der Waals surface area contributed by atoms with E-state index in [1.807, 2.05) is 6.92 Å². The molecule has 0 aromatic rings. The highest BCUT2D eigenvalue weighted by molar-refractivity contribution is 4.74. The molecule has 0 aliphatic rings. The minimum atomic E-state index is -0.0774. The van der Waals surface area contributed by atoms with Crippen molar-refractivity contribution < 1.29 is 9.47 Å². The lowest BCUT2D eigenvalue weighted by Gasteiger charge is -2.27. The first-order valence-electron chi connectivity index (χ1n) is 5.73. The minimum absolute atomic E-state index is 0.0389. The van der Waals surface area contributed by atoms with E-state index in [0.29, 0.717) is 0 Å². The maximum atomic E-state index is 5.59. The number of hydrogen-bond acceptors (Lipinski definition) is 3. The molecule has 0 unspecified atom stereocenters. The number of nitrogens with one attached hydrogen (secondary N) is 1. The molecular weight excluding hydrogens is 190 g/mol. The summed E-state index contributed by atoms with van der Waals surface area (Å²) in [6.07, 6.45) is 1.01. The van der Waals surface area contributed by atoms with Crippen molar-refractivity contribution in [3.05, 3.63) is 0 Å². The van der Waals surface area contributed by atoms with Crippen LogP contribution in [0.2, 0.25) is 0 Å². The third kappa shape index (κ3) is 7.77. The van der Waals surface area contributed by atoms with Crippen molar-refractivity contribution in [3.63, 3.8) is 0 Å². The van der Waals surface area contributed by atoms with E-state index >= 15 is 0 Å². The van der Waals surface area contributed by atoms with Gasteiger partial charge in [0.25, 0.3) is 0 Å². The molecule has 0 aromatic carbocycles. The Hall–Kier alpha value is -0.120. The SMILES string of the molecule is CCOC(C)(C)CNCCC(C)(C)OC. The van der Waals surface area contributed by atoms with E-state index in [-0.39, 0.29) is 11.2 Å². The molecule has 3 heteroatoms. The molecular formula is C12H27NO2. The van der Waals surface area contributed by atoms with Gasteiger partial charge < -0.3 is 14.8 Å². The number of rotatable bonds is 8. The zero-order chi connectivity index (χ0) is 11.9. The average molecular weight is 217 g/mol. The molecule has 15 heavy (non-hydrogen) atoms. The minimum Gasteiger partial charge on any atom is -0.379 e. The molecule has 0 saturated heterocycles. The van der Waals surface area contributed by atoms with E-state index in [1.54, 1.807) is 7.11 Å². The van der Waals surface area contributed by atoms with Crippen molar-refractivity contribution in [2.24, 2.45) is 0 Å². The maximum Gasteiger partial charge on any atom is 0.0750 e. The van der Waals surface area contributed by atoms with Crippen molar-refractivity contribution >= 4 is 0 Å². The zero-order valence-corrected chi connectivity index (χ0v) is 11.1. The second-order valence-electron chi connectivity index (χ2n) is 5.08. The Bertz CT molecular complexity index is 167. The lowest BCUT2D eigenvalue weighted by Crippen LogP contribution is -2.39. The largest absolute Gasteiger partial charge is 0.379 e. The van der Waals surface area contributed by atoms with Crippen molar-refractivity contribution in [2.45, 2.75) is 52.2 Å². The smallest absolute Gasteiger partial charge is 0.0750 e. The van der Waals surface area contributed by atoms with Crippen LogP contribution in [-0.4, -0.2) is 38.0 Å². The van der Waals surface area contributed by atoms with Crippen LogP contribution in [0.25, 0.3) is 0 Å². The van der Waals surface area contributed by atoms with Gasteiger partial charge in [-0.15, -0.1) is 0 Å². The summed E-state index contributed by atoms with van der Waals surface area (Å²) < 4.78 is 10.9. The molecule has 92 valence electrons. The predicted molar refractivity (Wildman–Crippen MR) is 64.3 cm³/mol. The Morgan fingerprint density at radius 3 is 2.13 bits per heavy atom. The summed E-state index contributed by atoms with van der Waals surface area (Å²) in [6.45, 7) is 13.0. The van der Waals surface area contributed by atoms with Crippen molar-refractivity contribution in [1.82, 2.24) is 5.32 Å². The lowest BCUT2D eigenvalue weighted by molar-refractivity contribution is -0.0126. The molecule has 0 fully saturated rings. The molecule has 0 spiro atoms. The summed E-state index contributed by atoms with van der Waals surface area (Å²) in [4.78, 5) is 0. The van der Waals surface area contributed by atoms with E-state index in [2.05, 4.69) is 33.0 Å². The van der Waals surface area contributed by atoms with Gasteiger partial charge in [-0.2, -0.15) is 0 Å². The molecule has 0 aliphatic carbocycles. The van der Waals surface area contributed by atoms with Gasteiger partial charge in [0.2, 0.25) is 0 Å². The third-order valence-corrected chi connectivity index (χ3v) is 2.54. The first-order chi connectivity index (χ1) is 6.83. The monoisotopic (exact) mass is 217 g/mol. The van der Waals surface area contributed by atoms with Crippen molar-refractivity contribution in [2.75, 3.05) is 26.8 Å². The Labute approximate surface area is 94.5 Å².